The highest BCUT2D eigenvalue weighted by Crippen LogP contribution is 2.44. The molecule has 0 spiro atoms. The van der Waals surface area contributed by atoms with Gasteiger partial charge in [0.05, 0.1) is 0 Å². The topological polar surface area (TPSA) is 131 Å². The molecule has 8 nitrogen and oxygen atoms in total. The van der Waals surface area contributed by atoms with E-state index in [-0.39, 0.29) is 47.1 Å². The van der Waals surface area contributed by atoms with E-state index in [2.05, 4.69) is 20.8 Å². The summed E-state index contributed by atoms with van der Waals surface area (Å²) in [5.74, 6) is -3.67. The van der Waals surface area contributed by atoms with E-state index in [1.807, 2.05) is 0 Å². The quantitative estimate of drug-likeness (QED) is 0.0264. The third kappa shape index (κ3) is 16.9. The molecule has 0 radical (unpaired) electrons. The number of carbonyl (C=O) groups excluding carboxylic acids is 3. The van der Waals surface area contributed by atoms with Crippen LogP contribution >= 0.6 is 0 Å². The Kier molecular flexibility index (Phi) is 24.6. The van der Waals surface area contributed by atoms with Crippen LogP contribution in [0.3, 0.4) is 0 Å². The predicted octanol–water partition coefficient (Wildman–Crippen LogP) is 14.9. The maximum absolute atomic E-state index is 14.3. The van der Waals surface area contributed by atoms with Crippen LogP contribution in [0.15, 0.2) is 39.5 Å². The Labute approximate surface area is 354 Å². The van der Waals surface area contributed by atoms with Crippen LogP contribution in [0, 0.1) is 0 Å². The average molecular weight is 817 g/mol. The zero-order valence-corrected chi connectivity index (χ0v) is 36.9. The largest absolute Gasteiger partial charge is 0.506 e. The van der Waals surface area contributed by atoms with Crippen LogP contribution in [0.25, 0.3) is 22.3 Å². The van der Waals surface area contributed by atoms with E-state index < -0.39 is 40.2 Å². The van der Waals surface area contributed by atoms with Crippen LogP contribution in [-0.2, 0) is 4.79 Å². The van der Waals surface area contributed by atoms with E-state index in [0.29, 0.717) is 24.8 Å². The average Bonchev–Trinajstić information content (AvgIpc) is 3.23. The summed E-state index contributed by atoms with van der Waals surface area (Å²) in [5, 5.41) is 23.0. The number of phenols is 1. The molecule has 0 bridgehead atoms. The molecule has 3 rings (SSSR count). The zero-order chi connectivity index (χ0) is 42.7. The van der Waals surface area contributed by atoms with Gasteiger partial charge in [0.25, 0.3) is 0 Å². The molecule has 0 aliphatic heterocycles. The Balaban J connectivity index is 1.96. The maximum Gasteiger partial charge on any atom is 0.311 e. The molecule has 0 unspecified atom stereocenters. The Bertz CT molecular complexity index is 1740. The Morgan fingerprint density at radius 3 is 1.34 bits per heavy atom. The first-order valence-corrected chi connectivity index (χ1v) is 23.7. The summed E-state index contributed by atoms with van der Waals surface area (Å²) < 4.78 is 12.1. The first-order chi connectivity index (χ1) is 28.8. The summed E-state index contributed by atoms with van der Waals surface area (Å²) in [4.78, 5) is 56.1. The molecule has 1 heterocycles. The summed E-state index contributed by atoms with van der Waals surface area (Å²) >= 11 is 0. The number of fused-ring (bicyclic) bond motifs is 1. The number of carbonyl (C=O) groups is 3. The summed E-state index contributed by atoms with van der Waals surface area (Å²) in [6, 6.07) is 8.54. The lowest BCUT2D eigenvalue weighted by Crippen LogP contribution is -2.17. The fraction of sp³-hybridized carbons (Fsp3) is 0.647. The van der Waals surface area contributed by atoms with Gasteiger partial charge in [0.2, 0.25) is 11.2 Å². The number of ketones is 2. The first kappa shape index (κ1) is 49.4. The molecular formula is C51H76O8. The number of unbranched alkanes of at least 4 members (excludes halogenated alkanes) is 24. The van der Waals surface area contributed by atoms with Crippen molar-refractivity contribution in [2.75, 3.05) is 0 Å². The highest BCUT2D eigenvalue weighted by atomic mass is 16.5. The lowest BCUT2D eigenvalue weighted by Gasteiger charge is -2.18. The number of Topliss-reactive ketones (excluding diaryl/α,β-unsaturated/α-hetero) is 2. The van der Waals surface area contributed by atoms with Gasteiger partial charge in [-0.05, 0) is 19.3 Å². The number of phenolic OH excluding ortho intramolecular Hbond substituents is 1. The number of esters is 1. The van der Waals surface area contributed by atoms with Gasteiger partial charge in [0.1, 0.15) is 22.3 Å². The van der Waals surface area contributed by atoms with Gasteiger partial charge < -0.3 is 19.4 Å². The Morgan fingerprint density at radius 2 is 0.898 bits per heavy atom. The van der Waals surface area contributed by atoms with Gasteiger partial charge in [-0.1, -0.05) is 205 Å². The molecule has 0 fully saturated rings. The molecule has 328 valence electrons. The van der Waals surface area contributed by atoms with E-state index in [4.69, 9.17) is 9.15 Å². The van der Waals surface area contributed by atoms with Gasteiger partial charge in [-0.15, -0.1) is 0 Å². The lowest BCUT2D eigenvalue weighted by atomic mass is 9.92. The summed E-state index contributed by atoms with van der Waals surface area (Å²) in [5.41, 5.74) is -1.51. The van der Waals surface area contributed by atoms with Gasteiger partial charge in [0, 0.05) is 24.8 Å². The van der Waals surface area contributed by atoms with Crippen LogP contribution in [-0.4, -0.2) is 27.7 Å². The van der Waals surface area contributed by atoms with E-state index >= 15 is 0 Å². The number of hydrogen-bond donors (Lipinski definition) is 2. The van der Waals surface area contributed by atoms with Gasteiger partial charge in [-0.25, -0.2) is 0 Å². The van der Waals surface area contributed by atoms with Gasteiger partial charge >= 0.3 is 5.97 Å². The molecule has 0 aliphatic carbocycles. The minimum absolute atomic E-state index is 0.0308. The Hall–Kier alpha value is -3.94. The number of benzene rings is 2. The van der Waals surface area contributed by atoms with E-state index in [0.717, 1.165) is 77.0 Å². The van der Waals surface area contributed by atoms with Crippen molar-refractivity contribution in [3.8, 4) is 28.6 Å². The summed E-state index contributed by atoms with van der Waals surface area (Å²) in [7, 11) is 0. The number of aromatic hydroxyl groups is 2. The molecule has 3 aromatic rings. The summed E-state index contributed by atoms with van der Waals surface area (Å²) in [6.45, 7) is 6.60. The van der Waals surface area contributed by atoms with Crippen LogP contribution < -0.4 is 10.2 Å². The van der Waals surface area contributed by atoms with Crippen molar-refractivity contribution in [2.45, 2.75) is 213 Å². The van der Waals surface area contributed by atoms with Crippen LogP contribution in [0.2, 0.25) is 0 Å². The minimum atomic E-state index is -0.940. The second-order valence-electron chi connectivity index (χ2n) is 16.7. The SMILES string of the molecule is CCCCCCCCCCCC(=O)Oc1c(C(=O)CCCCCCCCCCC)c(O)c(C(=O)CCCCCCCCCCC)c2oc(-c3ccccc3)c(O)c(=O)c12. The predicted molar refractivity (Wildman–Crippen MR) is 241 cm³/mol. The monoisotopic (exact) mass is 817 g/mol. The van der Waals surface area contributed by atoms with Crippen LogP contribution in [0.4, 0.5) is 0 Å². The van der Waals surface area contributed by atoms with Gasteiger partial charge in [0.15, 0.2) is 28.7 Å². The van der Waals surface area contributed by atoms with Crippen molar-refractivity contribution in [3.63, 3.8) is 0 Å². The van der Waals surface area contributed by atoms with Crippen molar-refractivity contribution >= 4 is 28.5 Å². The molecule has 2 N–H and O–H groups in total. The number of hydrogen-bond acceptors (Lipinski definition) is 8. The molecule has 2 aromatic carbocycles. The normalized spacial score (nSPS) is 11.4. The second-order valence-corrected chi connectivity index (χ2v) is 16.7. The first-order valence-electron chi connectivity index (χ1n) is 23.7. The molecule has 0 saturated carbocycles. The molecular weight excluding hydrogens is 741 g/mol. The highest BCUT2D eigenvalue weighted by molar-refractivity contribution is 6.17. The molecule has 0 atom stereocenters. The van der Waals surface area contributed by atoms with Crippen molar-refractivity contribution in [2.24, 2.45) is 0 Å². The third-order valence-corrected chi connectivity index (χ3v) is 11.6. The van der Waals surface area contributed by atoms with E-state index in [1.165, 1.54) is 77.0 Å². The maximum atomic E-state index is 14.3. The van der Waals surface area contributed by atoms with Crippen molar-refractivity contribution < 1.29 is 33.8 Å². The van der Waals surface area contributed by atoms with Crippen molar-refractivity contribution in [1.82, 2.24) is 0 Å². The number of rotatable bonds is 34. The van der Waals surface area contributed by atoms with Crippen molar-refractivity contribution in [3.05, 3.63) is 51.7 Å². The second kappa shape index (κ2) is 29.3. The van der Waals surface area contributed by atoms with Crippen LogP contribution in [0.1, 0.15) is 234 Å². The molecule has 0 aliphatic rings. The van der Waals surface area contributed by atoms with E-state index in [1.54, 1.807) is 30.3 Å². The molecule has 0 amide bonds. The molecule has 1 aromatic heterocycles. The summed E-state index contributed by atoms with van der Waals surface area (Å²) in [6.07, 6.45) is 28.5. The van der Waals surface area contributed by atoms with Gasteiger partial charge in [-0.2, -0.15) is 0 Å². The van der Waals surface area contributed by atoms with Crippen LogP contribution in [0.5, 0.6) is 17.2 Å². The minimum Gasteiger partial charge on any atom is -0.506 e. The molecule has 59 heavy (non-hydrogen) atoms. The van der Waals surface area contributed by atoms with Gasteiger partial charge in [-0.3, -0.25) is 19.2 Å². The fourth-order valence-electron chi connectivity index (χ4n) is 7.97. The van der Waals surface area contributed by atoms with E-state index in [9.17, 15) is 29.4 Å². The highest BCUT2D eigenvalue weighted by Gasteiger charge is 2.33. The van der Waals surface area contributed by atoms with Crippen molar-refractivity contribution in [1.29, 1.82) is 0 Å². The smallest absolute Gasteiger partial charge is 0.311 e. The lowest BCUT2D eigenvalue weighted by molar-refractivity contribution is -0.134. The third-order valence-electron chi connectivity index (χ3n) is 11.6. The molecule has 0 saturated heterocycles. The zero-order valence-electron chi connectivity index (χ0n) is 36.9. The molecule has 8 heteroatoms. The fourth-order valence-corrected chi connectivity index (χ4v) is 7.97. The standard InChI is InChI=1S/C51H76O8/c1-4-7-10-13-16-19-22-25-31-36-40(52)43-46(55)44(41(53)37-32-26-23-20-17-14-11-8-5-2)51-45(47(56)48(57)49(59-51)39-34-29-28-30-35-39)50(43)58-42(54)38-33-27-24-21-18-15-12-9-6-3/h28-30,34-35,55,57H,4-27,31-33,36-38H2,1-3H3. The number of ether oxygens (including phenoxy) is 1. The Morgan fingerprint density at radius 1 is 0.508 bits per heavy atom.